The number of nitrogens with zero attached hydrogens (tertiary/aromatic N) is 7. The highest BCUT2D eigenvalue weighted by Gasteiger charge is 2.47. The molecule has 45 heteroatoms. The molecule has 11 N–H and O–H groups in total. The molecule has 3 amide bonds. The lowest BCUT2D eigenvalue weighted by atomic mass is 10.0. The van der Waals surface area contributed by atoms with E-state index in [1.165, 1.54) is 55.1 Å². The van der Waals surface area contributed by atoms with Gasteiger partial charge in [-0.15, -0.1) is 0 Å². The van der Waals surface area contributed by atoms with Crippen LogP contribution in [0.2, 0.25) is 0 Å². The van der Waals surface area contributed by atoms with Gasteiger partial charge in [-0.25, -0.2) is 28.7 Å². The number of H-pyrrole nitrogens is 2. The van der Waals surface area contributed by atoms with Crippen molar-refractivity contribution in [2.45, 2.75) is 126 Å². The number of ether oxygens (including phenoxy) is 5. The highest BCUT2D eigenvalue weighted by Crippen LogP contribution is 2.52. The molecule has 109 heavy (non-hydrogen) atoms. The summed E-state index contributed by atoms with van der Waals surface area (Å²) in [5, 5.41) is 44.7. The molecular formula is C64H66N14O27P2S2. The third-order valence-electron chi connectivity index (χ3n) is 17.3. The fourth-order valence-electron chi connectivity index (χ4n) is 12.0. The van der Waals surface area contributed by atoms with Gasteiger partial charge in [-0.2, -0.15) is 0 Å². The average Bonchev–Trinajstić information content (AvgIpc) is 1.66. The van der Waals surface area contributed by atoms with Crippen molar-refractivity contribution in [1.82, 2.24) is 54.9 Å². The Labute approximate surface area is 621 Å². The monoisotopic (exact) mass is 1590 g/mol. The van der Waals surface area contributed by atoms with E-state index in [2.05, 4.69) is 76.7 Å². The minimum Gasteiger partial charge on any atom is -0.390 e. The second kappa shape index (κ2) is 34.3. The molecule has 0 bridgehead atoms. The molecule has 5 saturated heterocycles. The molecular weight excluding hydrogens is 1520 g/mol. The number of hydrogen-bond acceptors (Lipinski definition) is 31. The number of aromatic amines is 2. The lowest BCUT2D eigenvalue weighted by Crippen LogP contribution is -2.49. The summed E-state index contributed by atoms with van der Waals surface area (Å²) < 4.78 is 82.9. The smallest absolute Gasteiger partial charge is 0.390 e. The topological polar surface area (TPSA) is 564 Å². The number of nitrogens with two attached hydrogens (primary N) is 1. The summed E-state index contributed by atoms with van der Waals surface area (Å²) in [7, 11) is -9.54. The van der Waals surface area contributed by atoms with Crippen LogP contribution in [0.15, 0.2) is 80.5 Å². The zero-order valence-corrected chi connectivity index (χ0v) is 60.8. The number of fused-ring (bicyclic) bond motifs is 1. The van der Waals surface area contributed by atoms with Gasteiger partial charge in [-0.1, -0.05) is 42.4 Å². The molecule has 5 aliphatic rings. The normalized spacial score (nSPS) is 24.2. The van der Waals surface area contributed by atoms with E-state index in [0.717, 1.165) is 33.9 Å². The first-order valence-corrected chi connectivity index (χ1v) is 37.5. The van der Waals surface area contributed by atoms with Gasteiger partial charge in [0, 0.05) is 116 Å². The van der Waals surface area contributed by atoms with Gasteiger partial charge in [0.25, 0.3) is 33.0 Å². The number of amides is 3. The maximum atomic E-state index is 14.2. The Kier molecular flexibility index (Phi) is 25.2. The molecule has 41 nitrogen and oxygen atoms in total. The van der Waals surface area contributed by atoms with Crippen LogP contribution >= 0.6 is 39.2 Å². The first kappa shape index (κ1) is 80.1. The highest BCUT2D eigenvalue weighted by atomic mass is 32.2. The Morgan fingerprint density at radius 2 is 1.24 bits per heavy atom. The predicted octanol–water partition coefficient (Wildman–Crippen LogP) is 1.91. The van der Waals surface area contributed by atoms with Crippen molar-refractivity contribution in [2.24, 2.45) is 0 Å². The summed E-state index contributed by atoms with van der Waals surface area (Å²) in [4.78, 5) is 172. The number of methoxy groups -OCH3 is 1. The number of nitro groups is 2. The summed E-state index contributed by atoms with van der Waals surface area (Å²) in [6, 6.07) is 6.40. The zero-order valence-electron chi connectivity index (χ0n) is 57.4. The molecule has 0 radical (unpaired) electrons. The summed E-state index contributed by atoms with van der Waals surface area (Å²) >= 11 is 0.870. The Balaban J connectivity index is 0.812. The van der Waals surface area contributed by atoms with Crippen LogP contribution in [0, 0.1) is 55.8 Å². The predicted molar refractivity (Wildman–Crippen MR) is 378 cm³/mol. The van der Waals surface area contributed by atoms with Gasteiger partial charge in [-0.05, 0) is 38.1 Å². The summed E-state index contributed by atoms with van der Waals surface area (Å²) in [6.45, 7) is 2.15. The SMILES string of the molecule is CCC(=O)NCC#Cc1cn([C@H]2C[C@H](OP(=O)(O)OC[C@H]3O[C@@H](n4cc(C#Cc5ccc(C(C)OC6CNC(=O)SC6=O)c([N+](=O)[O-])c5)c(=O)[nH]c4=O)C[C@@H]3OP(=O)(O)OC[C@H]3O[C@@H](n4cc(C#Cc5ccc(C(C)NC6CNC(=O)SC6=O)c([N+](=O)[O-])c5)c5c(N)ncnc54)C[C@@H]3O)[C@@H](COC)O2)c(=O)[nH]c1=O. The molecule has 6 unspecified atom stereocenters. The van der Waals surface area contributed by atoms with E-state index in [-0.39, 0.29) is 107 Å². The Hall–Kier alpha value is -9.91. The molecule has 4 aromatic heterocycles. The van der Waals surface area contributed by atoms with E-state index in [1.54, 1.807) is 13.8 Å². The maximum absolute atomic E-state index is 14.2. The third-order valence-corrected chi connectivity index (χ3v) is 21.0. The quantitative estimate of drug-likeness (QED) is 0.0169. The molecule has 0 saturated carbocycles. The van der Waals surface area contributed by atoms with Gasteiger partial charge < -0.3 is 64.8 Å². The van der Waals surface area contributed by atoms with Gasteiger partial charge in [0.1, 0.15) is 84.2 Å². The molecule has 576 valence electrons. The second-order valence-electron chi connectivity index (χ2n) is 24.6. The van der Waals surface area contributed by atoms with Crippen molar-refractivity contribution < 1.29 is 99.6 Å². The van der Waals surface area contributed by atoms with Crippen molar-refractivity contribution in [3.63, 3.8) is 0 Å². The number of rotatable bonds is 25. The number of benzene rings is 2. The van der Waals surface area contributed by atoms with Crippen LogP contribution < -0.4 is 49.5 Å². The van der Waals surface area contributed by atoms with Crippen LogP contribution in [-0.2, 0) is 65.3 Å². The van der Waals surface area contributed by atoms with Crippen molar-refractivity contribution in [3.8, 4) is 35.5 Å². The van der Waals surface area contributed by atoms with E-state index in [9.17, 15) is 87.4 Å². The number of aromatic nitrogens is 7. The zero-order chi connectivity index (χ0) is 78.3. The van der Waals surface area contributed by atoms with E-state index >= 15 is 0 Å². The van der Waals surface area contributed by atoms with Gasteiger partial charge >= 0.3 is 27.0 Å². The fourth-order valence-corrected chi connectivity index (χ4v) is 15.2. The highest BCUT2D eigenvalue weighted by molar-refractivity contribution is 8.26. The van der Waals surface area contributed by atoms with E-state index < -0.39 is 179 Å². The molecule has 0 spiro atoms. The molecule has 9 heterocycles. The number of nitrogen functional groups attached to an aromatic ring is 1. The van der Waals surface area contributed by atoms with Gasteiger partial charge in [0.05, 0.1) is 77.5 Å². The number of phosphoric acid groups is 2. The van der Waals surface area contributed by atoms with Crippen LogP contribution in [0.3, 0.4) is 0 Å². The van der Waals surface area contributed by atoms with Crippen LogP contribution in [0.4, 0.5) is 26.8 Å². The Bertz CT molecular complexity index is 5190. The number of hydrogen-bond donors (Lipinski definition) is 10. The number of aliphatic hydroxyl groups excluding tert-OH is 1. The first-order valence-electron chi connectivity index (χ1n) is 32.9. The average molecular weight is 1590 g/mol. The molecule has 15 atom stereocenters. The lowest BCUT2D eigenvalue weighted by Gasteiger charge is -2.25. The van der Waals surface area contributed by atoms with Crippen LogP contribution in [-0.4, -0.2) is 180 Å². The number of nitro benzene ring substituents is 2. The Morgan fingerprint density at radius 3 is 1.82 bits per heavy atom. The number of anilines is 1. The maximum Gasteiger partial charge on any atom is 0.472 e. The number of nitrogens with one attached hydrogen (secondary N) is 6. The molecule has 5 aliphatic heterocycles. The van der Waals surface area contributed by atoms with Gasteiger partial charge in [-0.3, -0.25) is 96.3 Å². The van der Waals surface area contributed by atoms with Crippen molar-refractivity contribution in [2.75, 3.05) is 52.3 Å². The van der Waals surface area contributed by atoms with Crippen molar-refractivity contribution in [1.29, 1.82) is 0 Å². The molecule has 11 rings (SSSR count). The second-order valence-corrected chi connectivity index (χ2v) is 29.4. The molecule has 5 fully saturated rings. The molecule has 0 aliphatic carbocycles. The van der Waals surface area contributed by atoms with Crippen LogP contribution in [0.25, 0.3) is 11.0 Å². The van der Waals surface area contributed by atoms with E-state index in [1.807, 2.05) is 0 Å². The Morgan fingerprint density at radius 1 is 0.716 bits per heavy atom. The lowest BCUT2D eigenvalue weighted by molar-refractivity contribution is -0.386. The van der Waals surface area contributed by atoms with Crippen LogP contribution in [0.5, 0.6) is 0 Å². The third kappa shape index (κ3) is 19.4. The van der Waals surface area contributed by atoms with Crippen molar-refractivity contribution >= 4 is 94.0 Å². The summed E-state index contributed by atoms with van der Waals surface area (Å²) in [6.07, 6.45) is -11.5. The summed E-state index contributed by atoms with van der Waals surface area (Å²) in [5.41, 5.74) is 1.58. The number of carbonyl (C=O) groups excluding carboxylic acids is 5. The van der Waals surface area contributed by atoms with Gasteiger partial charge in [0.15, 0.2) is 0 Å². The number of phosphoric ester groups is 2. The molecule has 2 aromatic carbocycles. The minimum atomic E-state index is -5.44. The largest absolute Gasteiger partial charge is 0.472 e. The number of thioether (sulfide) groups is 2. The fraction of sp³-hybridized carbons (Fsp3) is 0.422. The minimum absolute atomic E-state index is 0.0168. The standard InChI is InChI=1S/C64H66N14O27P2S2/c1-5-50(80)66-16-6-7-36-25-75(61(85)72-57(36)81)52-20-44(48(102-52)27-97-4)104-107(95,96)99-29-49-45(21-53(103-49)76-26-37(58(82)73-62(76)86)13-9-34-11-15-39(42(18-34)78(91)92)32(3)100-46-23-68-64(88)109-60(46)84)105-106(93,94)98-28-47-43(79)19-51(101-47)74-24-35(54-55(65)69-30-70-56(54)74)12-8-33-10-14-38(41(17-33)77(89)90)31(2)71-40-22-67-63(87)108-59(40)83/h10-11,14-15,17-18,24-26,30-32,40,43-49,51-53,71,79H,5,16,19-23,27-29H2,1-4H3,(H,66,80)(H,67,87)(H,68,88)(H,93,94)(H,95,96)(H2,65,69,70)(H,72,81,85)(H,73,82,86)/t31?,32?,40?,43-,44-,45-,46?,47+,48+,49+,51+,52+,53+/m0/s1. The van der Waals surface area contributed by atoms with E-state index in [4.69, 9.17) is 47.5 Å². The van der Waals surface area contributed by atoms with Crippen molar-refractivity contribution in [3.05, 3.63) is 162 Å². The first-order chi connectivity index (χ1) is 51.8. The molecule has 6 aromatic rings. The number of carbonyl (C=O) groups is 5. The van der Waals surface area contributed by atoms with E-state index in [0.29, 0.717) is 23.5 Å². The van der Waals surface area contributed by atoms with Gasteiger partial charge in [0.2, 0.25) is 16.1 Å². The summed E-state index contributed by atoms with van der Waals surface area (Å²) in [5.74, 6) is 15.8. The van der Waals surface area contributed by atoms with Crippen LogP contribution in [0.1, 0.15) is 116 Å². The number of aliphatic hydroxyl groups is 1.